The van der Waals surface area contributed by atoms with Crippen molar-refractivity contribution in [3.05, 3.63) is 16.2 Å². The molecule has 0 N–H and O–H groups in total. The molecule has 0 spiro atoms. The molecule has 6 heteroatoms. The molecule has 0 aromatic carbocycles. The molecule has 0 amide bonds. The van der Waals surface area contributed by atoms with Crippen LogP contribution < -0.4 is 4.74 Å². The molecular formula is C12H15ClN2O2S. The van der Waals surface area contributed by atoms with Crippen LogP contribution in [0.2, 0.25) is 5.28 Å². The van der Waals surface area contributed by atoms with Crippen molar-refractivity contribution in [2.24, 2.45) is 0 Å². The maximum Gasteiger partial charge on any atom is 0.227 e. The fraction of sp³-hybridized carbons (Fsp3) is 0.500. The van der Waals surface area contributed by atoms with Crippen molar-refractivity contribution in [3.63, 3.8) is 0 Å². The quantitative estimate of drug-likeness (QED) is 0.602. The summed E-state index contributed by atoms with van der Waals surface area (Å²) in [5.41, 5.74) is 0. The molecule has 0 saturated heterocycles. The van der Waals surface area contributed by atoms with Gasteiger partial charge in [0.2, 0.25) is 11.2 Å². The maximum absolute atomic E-state index is 5.87. The van der Waals surface area contributed by atoms with E-state index in [2.05, 4.69) is 16.9 Å². The molecule has 2 aromatic rings. The van der Waals surface area contributed by atoms with E-state index in [1.165, 1.54) is 0 Å². The zero-order chi connectivity index (χ0) is 13.0. The van der Waals surface area contributed by atoms with E-state index in [0.717, 1.165) is 28.1 Å². The SMILES string of the molecule is CCCOCCOc1nc(Cl)nc2sc(C)cc12. The van der Waals surface area contributed by atoms with E-state index < -0.39 is 0 Å². The average molecular weight is 287 g/mol. The minimum atomic E-state index is 0.217. The second-order valence-corrected chi connectivity index (χ2v) is 5.41. The van der Waals surface area contributed by atoms with Crippen molar-refractivity contribution < 1.29 is 9.47 Å². The van der Waals surface area contributed by atoms with E-state index in [-0.39, 0.29) is 5.28 Å². The van der Waals surface area contributed by atoms with Gasteiger partial charge in [-0.2, -0.15) is 4.98 Å². The molecular weight excluding hydrogens is 272 g/mol. The van der Waals surface area contributed by atoms with Crippen LogP contribution in [0.4, 0.5) is 0 Å². The lowest BCUT2D eigenvalue weighted by Gasteiger charge is -2.06. The molecule has 0 fully saturated rings. The highest BCUT2D eigenvalue weighted by atomic mass is 35.5. The van der Waals surface area contributed by atoms with Crippen LogP contribution >= 0.6 is 22.9 Å². The zero-order valence-electron chi connectivity index (χ0n) is 10.4. The predicted octanol–water partition coefficient (Wildman–Crippen LogP) is 3.46. The van der Waals surface area contributed by atoms with E-state index in [1.54, 1.807) is 11.3 Å². The number of aromatic nitrogens is 2. The summed E-state index contributed by atoms with van der Waals surface area (Å²) in [4.78, 5) is 10.3. The molecule has 0 atom stereocenters. The van der Waals surface area contributed by atoms with Gasteiger partial charge in [0.25, 0.3) is 0 Å². The van der Waals surface area contributed by atoms with Gasteiger partial charge in [-0.1, -0.05) is 6.92 Å². The molecule has 0 aliphatic carbocycles. The van der Waals surface area contributed by atoms with Gasteiger partial charge < -0.3 is 9.47 Å². The standard InChI is InChI=1S/C12H15ClN2O2S/c1-3-4-16-5-6-17-10-9-7-8(2)18-11(9)15-12(13)14-10/h7H,3-6H2,1-2H3. The number of halogens is 1. The van der Waals surface area contributed by atoms with Crippen LogP contribution in [-0.4, -0.2) is 29.8 Å². The van der Waals surface area contributed by atoms with E-state index in [9.17, 15) is 0 Å². The van der Waals surface area contributed by atoms with Gasteiger partial charge in [0.05, 0.1) is 12.0 Å². The van der Waals surface area contributed by atoms with E-state index in [0.29, 0.717) is 19.1 Å². The number of hydrogen-bond acceptors (Lipinski definition) is 5. The second-order valence-electron chi connectivity index (χ2n) is 3.83. The van der Waals surface area contributed by atoms with Crippen molar-refractivity contribution in [1.29, 1.82) is 0 Å². The summed E-state index contributed by atoms with van der Waals surface area (Å²) in [6.45, 7) is 5.87. The number of fused-ring (bicyclic) bond motifs is 1. The maximum atomic E-state index is 5.87. The Morgan fingerprint density at radius 3 is 2.89 bits per heavy atom. The van der Waals surface area contributed by atoms with Crippen molar-refractivity contribution >= 4 is 33.2 Å². The second kappa shape index (κ2) is 6.31. The van der Waals surface area contributed by atoms with Gasteiger partial charge in [-0.25, -0.2) is 4.98 Å². The number of rotatable bonds is 6. The topological polar surface area (TPSA) is 44.2 Å². The third-order valence-electron chi connectivity index (χ3n) is 2.27. The van der Waals surface area contributed by atoms with Crippen LogP contribution in [0.1, 0.15) is 18.2 Å². The molecule has 0 aliphatic heterocycles. The fourth-order valence-electron chi connectivity index (χ4n) is 1.54. The third kappa shape index (κ3) is 3.31. The molecule has 2 aromatic heterocycles. The first kappa shape index (κ1) is 13.5. The van der Waals surface area contributed by atoms with Gasteiger partial charge >= 0.3 is 0 Å². The molecule has 2 rings (SSSR count). The normalized spacial score (nSPS) is 11.1. The van der Waals surface area contributed by atoms with E-state index >= 15 is 0 Å². The highest BCUT2D eigenvalue weighted by molar-refractivity contribution is 7.18. The minimum Gasteiger partial charge on any atom is -0.475 e. The van der Waals surface area contributed by atoms with Gasteiger partial charge in [-0.15, -0.1) is 11.3 Å². The summed E-state index contributed by atoms with van der Waals surface area (Å²) < 4.78 is 11.0. The fourth-order valence-corrected chi connectivity index (χ4v) is 2.63. The molecule has 0 bridgehead atoms. The lowest BCUT2D eigenvalue weighted by molar-refractivity contribution is 0.0996. The third-order valence-corrected chi connectivity index (χ3v) is 3.38. The Balaban J connectivity index is 2.07. The molecule has 0 saturated carbocycles. The largest absolute Gasteiger partial charge is 0.475 e. The Morgan fingerprint density at radius 2 is 2.11 bits per heavy atom. The van der Waals surface area contributed by atoms with Crippen LogP contribution in [0.5, 0.6) is 5.88 Å². The van der Waals surface area contributed by atoms with Gasteiger partial charge in [-0.3, -0.25) is 0 Å². The molecule has 98 valence electrons. The number of ether oxygens (including phenoxy) is 2. The molecule has 18 heavy (non-hydrogen) atoms. The van der Waals surface area contributed by atoms with Crippen LogP contribution in [0.25, 0.3) is 10.2 Å². The van der Waals surface area contributed by atoms with Crippen molar-refractivity contribution in [2.75, 3.05) is 19.8 Å². The summed E-state index contributed by atoms with van der Waals surface area (Å²) in [5, 5.41) is 1.13. The Bertz CT molecular complexity index is 530. The highest BCUT2D eigenvalue weighted by Crippen LogP contribution is 2.30. The van der Waals surface area contributed by atoms with Gasteiger partial charge in [0, 0.05) is 11.5 Å². The summed E-state index contributed by atoms with van der Waals surface area (Å²) in [7, 11) is 0. The first-order valence-electron chi connectivity index (χ1n) is 5.85. The Kier molecular flexibility index (Phi) is 4.74. The summed E-state index contributed by atoms with van der Waals surface area (Å²) in [5.74, 6) is 0.537. The first-order chi connectivity index (χ1) is 8.70. The average Bonchev–Trinajstić information content (AvgIpc) is 2.69. The summed E-state index contributed by atoms with van der Waals surface area (Å²) in [6.07, 6.45) is 1.01. The Hall–Kier alpha value is -0.910. The molecule has 2 heterocycles. The minimum absolute atomic E-state index is 0.217. The predicted molar refractivity (Wildman–Crippen MR) is 73.8 cm³/mol. The van der Waals surface area contributed by atoms with E-state index in [1.807, 2.05) is 13.0 Å². The van der Waals surface area contributed by atoms with Crippen LogP contribution in [0, 0.1) is 6.92 Å². The van der Waals surface area contributed by atoms with Crippen LogP contribution in [0.3, 0.4) is 0 Å². The van der Waals surface area contributed by atoms with Crippen LogP contribution in [-0.2, 0) is 4.74 Å². The molecule has 0 unspecified atom stereocenters. The summed E-state index contributed by atoms with van der Waals surface area (Å²) >= 11 is 7.45. The number of thiophene rings is 1. The summed E-state index contributed by atoms with van der Waals surface area (Å²) in [6, 6.07) is 2.01. The lowest BCUT2D eigenvalue weighted by Crippen LogP contribution is -2.08. The zero-order valence-corrected chi connectivity index (χ0v) is 12.0. The van der Waals surface area contributed by atoms with Gasteiger partial charge in [0.1, 0.15) is 11.4 Å². The van der Waals surface area contributed by atoms with Gasteiger partial charge in [-0.05, 0) is 31.0 Å². The highest BCUT2D eigenvalue weighted by Gasteiger charge is 2.10. The Labute approximate surface area is 115 Å². The first-order valence-corrected chi connectivity index (χ1v) is 7.04. The monoisotopic (exact) mass is 286 g/mol. The number of nitrogens with zero attached hydrogens (tertiary/aromatic N) is 2. The van der Waals surface area contributed by atoms with E-state index in [4.69, 9.17) is 21.1 Å². The lowest BCUT2D eigenvalue weighted by atomic mass is 10.3. The molecule has 0 aliphatic rings. The van der Waals surface area contributed by atoms with Crippen molar-refractivity contribution in [1.82, 2.24) is 9.97 Å². The molecule has 0 radical (unpaired) electrons. The number of hydrogen-bond donors (Lipinski definition) is 0. The Morgan fingerprint density at radius 1 is 1.28 bits per heavy atom. The molecule has 4 nitrogen and oxygen atoms in total. The van der Waals surface area contributed by atoms with Crippen molar-refractivity contribution in [3.8, 4) is 5.88 Å². The van der Waals surface area contributed by atoms with Crippen LogP contribution in [0.15, 0.2) is 6.07 Å². The number of aryl methyl sites for hydroxylation is 1. The smallest absolute Gasteiger partial charge is 0.227 e. The van der Waals surface area contributed by atoms with Gasteiger partial charge in [0.15, 0.2) is 0 Å². The van der Waals surface area contributed by atoms with Crippen molar-refractivity contribution in [2.45, 2.75) is 20.3 Å².